The van der Waals surface area contributed by atoms with Crippen molar-refractivity contribution < 1.29 is 0 Å². The van der Waals surface area contributed by atoms with Crippen molar-refractivity contribution in [3.8, 4) is 90.0 Å². The molecular weight excluding hydrogens is 1220 g/mol. The Balaban J connectivity index is 0.000000143. The van der Waals surface area contributed by atoms with Gasteiger partial charge in [0.15, 0.2) is 0 Å². The maximum absolute atomic E-state index is 4.75. The van der Waals surface area contributed by atoms with Gasteiger partial charge in [0.1, 0.15) is 12.7 Å². The highest BCUT2D eigenvalue weighted by Crippen LogP contribution is 2.40. The van der Waals surface area contributed by atoms with Crippen LogP contribution in [0.4, 0.5) is 0 Å². The monoisotopic (exact) mass is 1280 g/mol. The zero-order valence-corrected chi connectivity index (χ0v) is 54.2. The molecule has 0 amide bonds. The third-order valence-corrected chi connectivity index (χ3v) is 19.6. The largest absolute Gasteiger partial charge is 0.309 e. The fourth-order valence-electron chi connectivity index (χ4n) is 15.1. The number of rotatable bonds is 10. The van der Waals surface area contributed by atoms with Crippen LogP contribution in [0.5, 0.6) is 0 Å². The van der Waals surface area contributed by atoms with E-state index in [1.54, 1.807) is 12.7 Å². The predicted molar refractivity (Wildman–Crippen MR) is 414 cm³/mol. The molecule has 468 valence electrons. The van der Waals surface area contributed by atoms with Crippen LogP contribution >= 0.6 is 0 Å². The molecule has 20 aromatic rings. The second-order valence-corrected chi connectivity index (χ2v) is 25.4. The van der Waals surface area contributed by atoms with Crippen molar-refractivity contribution in [1.29, 1.82) is 0 Å². The topological polar surface area (TPSA) is 71.3 Å². The molecule has 6 aromatic heterocycles. The smallest absolute Gasteiger partial charge is 0.116 e. The van der Waals surface area contributed by atoms with E-state index in [-0.39, 0.29) is 0 Å². The van der Waals surface area contributed by atoms with Gasteiger partial charge in [0.2, 0.25) is 0 Å². The van der Waals surface area contributed by atoms with E-state index in [4.69, 9.17) is 19.9 Å². The van der Waals surface area contributed by atoms with Crippen molar-refractivity contribution in [2.45, 2.75) is 0 Å². The third kappa shape index (κ3) is 10.0. The molecule has 0 N–H and O–H groups in total. The van der Waals surface area contributed by atoms with Gasteiger partial charge in [0.05, 0.1) is 66.9 Å². The zero-order valence-electron chi connectivity index (χ0n) is 54.2. The van der Waals surface area contributed by atoms with Crippen LogP contribution in [-0.4, -0.2) is 38.2 Å². The van der Waals surface area contributed by atoms with Gasteiger partial charge in [-0.2, -0.15) is 0 Å². The first kappa shape index (κ1) is 57.9. The van der Waals surface area contributed by atoms with Gasteiger partial charge in [0.25, 0.3) is 0 Å². The molecule has 0 unspecified atom stereocenters. The van der Waals surface area contributed by atoms with E-state index < -0.39 is 0 Å². The molecule has 8 heteroatoms. The average Bonchev–Trinajstić information content (AvgIpc) is 1.62. The molecule has 20 rings (SSSR count). The Kier molecular flexibility index (Phi) is 14.0. The van der Waals surface area contributed by atoms with Gasteiger partial charge in [-0.3, -0.25) is 0 Å². The number of aromatic nitrogens is 8. The third-order valence-electron chi connectivity index (χ3n) is 19.6. The molecule has 0 bridgehead atoms. The average molecular weight is 1280 g/mol. The van der Waals surface area contributed by atoms with Crippen LogP contribution in [0.3, 0.4) is 0 Å². The van der Waals surface area contributed by atoms with Crippen LogP contribution in [-0.2, 0) is 0 Å². The fourth-order valence-corrected chi connectivity index (χ4v) is 15.1. The quantitative estimate of drug-likeness (QED) is 0.137. The summed E-state index contributed by atoms with van der Waals surface area (Å²) in [6.07, 6.45) is 3.35. The molecular formula is C92H60N8. The lowest BCUT2D eigenvalue weighted by molar-refractivity contribution is 1.15. The first-order valence-corrected chi connectivity index (χ1v) is 33.8. The Morgan fingerprint density at radius 3 is 0.570 bits per heavy atom. The fraction of sp³-hybridized carbons (Fsp3) is 0. The molecule has 14 aromatic carbocycles. The molecule has 6 heterocycles. The van der Waals surface area contributed by atoms with Crippen LogP contribution in [0, 0.1) is 0 Å². The first-order chi connectivity index (χ1) is 49.6. The summed E-state index contributed by atoms with van der Waals surface area (Å²) >= 11 is 0. The second-order valence-electron chi connectivity index (χ2n) is 25.4. The molecule has 0 saturated heterocycles. The predicted octanol–water partition coefficient (Wildman–Crippen LogP) is 23.3. The molecule has 0 atom stereocenters. The van der Waals surface area contributed by atoms with E-state index in [2.05, 4.69) is 370 Å². The zero-order chi connectivity index (χ0) is 66.0. The summed E-state index contributed by atoms with van der Waals surface area (Å²) < 4.78 is 9.41. The molecule has 0 spiro atoms. The number of benzene rings is 14. The van der Waals surface area contributed by atoms with E-state index in [0.717, 1.165) is 90.0 Å². The van der Waals surface area contributed by atoms with Gasteiger partial charge >= 0.3 is 0 Å². The summed E-state index contributed by atoms with van der Waals surface area (Å²) in [4.78, 5) is 18.9. The van der Waals surface area contributed by atoms with Gasteiger partial charge in [0, 0.05) is 88.1 Å². The Hall–Kier alpha value is -13.6. The molecule has 0 saturated carbocycles. The number of fused-ring (bicyclic) bond motifs is 12. The molecule has 0 aliphatic rings. The number of hydrogen-bond acceptors (Lipinski definition) is 4. The highest BCUT2D eigenvalue weighted by molar-refractivity contribution is 6.12. The molecule has 0 fully saturated rings. The van der Waals surface area contributed by atoms with Crippen molar-refractivity contribution in [3.63, 3.8) is 0 Å². The number of hydrogen-bond donors (Lipinski definition) is 0. The van der Waals surface area contributed by atoms with E-state index in [1.165, 1.54) is 87.2 Å². The molecule has 0 aliphatic carbocycles. The van der Waals surface area contributed by atoms with Crippen molar-refractivity contribution in [2.75, 3.05) is 0 Å². The van der Waals surface area contributed by atoms with E-state index in [9.17, 15) is 0 Å². The SMILES string of the molecule is c1cc(-c2cc(-c3cccc(-n4c5ccccc5c5ccccc54)c3)ncn2)cc(-n2c3ccccc3c3ccccc32)c1.c1cc(-c2cccc(-n3c4ccccc4c4ccccc43)c2)cc(-c2cc(-c3cccc(-c4cccc(-n5c6ccccc6c6ccccc65)c4)c3)ncn2)c1. The second kappa shape index (κ2) is 24.3. The maximum Gasteiger partial charge on any atom is 0.116 e. The van der Waals surface area contributed by atoms with Crippen molar-refractivity contribution in [3.05, 3.63) is 365 Å². The van der Waals surface area contributed by atoms with E-state index in [1.807, 2.05) is 0 Å². The highest BCUT2D eigenvalue weighted by atomic mass is 15.0. The summed E-state index contributed by atoms with van der Waals surface area (Å²) in [5.74, 6) is 0. The molecule has 0 radical (unpaired) electrons. The Morgan fingerprint density at radius 2 is 0.330 bits per heavy atom. The minimum absolute atomic E-state index is 0.883. The van der Waals surface area contributed by atoms with Crippen LogP contribution in [0.2, 0.25) is 0 Å². The Labute approximate surface area is 576 Å². The molecule has 8 nitrogen and oxygen atoms in total. The van der Waals surface area contributed by atoms with Gasteiger partial charge in [-0.1, -0.05) is 231 Å². The minimum atomic E-state index is 0.883. The number of para-hydroxylation sites is 8. The maximum atomic E-state index is 4.75. The van der Waals surface area contributed by atoms with Gasteiger partial charge in [-0.15, -0.1) is 0 Å². The lowest BCUT2D eigenvalue weighted by atomic mass is 9.99. The highest BCUT2D eigenvalue weighted by Gasteiger charge is 2.19. The Bertz CT molecular complexity index is 5980. The van der Waals surface area contributed by atoms with Crippen LogP contribution in [0.15, 0.2) is 365 Å². The van der Waals surface area contributed by atoms with Crippen LogP contribution < -0.4 is 0 Å². The Morgan fingerprint density at radius 1 is 0.150 bits per heavy atom. The van der Waals surface area contributed by atoms with Gasteiger partial charge in [-0.05, 0) is 144 Å². The summed E-state index contributed by atoms with van der Waals surface area (Å²) in [5, 5.41) is 10.0. The van der Waals surface area contributed by atoms with Crippen molar-refractivity contribution in [1.82, 2.24) is 38.2 Å². The van der Waals surface area contributed by atoms with Crippen LogP contribution in [0.25, 0.3) is 177 Å². The normalized spacial score (nSPS) is 11.6. The van der Waals surface area contributed by atoms with Gasteiger partial charge < -0.3 is 18.3 Å². The van der Waals surface area contributed by atoms with Crippen LogP contribution in [0.1, 0.15) is 0 Å². The molecule has 100 heavy (non-hydrogen) atoms. The van der Waals surface area contributed by atoms with Crippen molar-refractivity contribution in [2.24, 2.45) is 0 Å². The van der Waals surface area contributed by atoms with E-state index >= 15 is 0 Å². The van der Waals surface area contributed by atoms with E-state index in [0.29, 0.717) is 0 Å². The summed E-state index contributed by atoms with van der Waals surface area (Å²) in [7, 11) is 0. The number of nitrogens with zero attached hydrogens (tertiary/aromatic N) is 8. The standard InChI is InChI=1S/C52H34N4.C40H26N4/c1-5-25-49-43(21-1)44-22-2-6-26-50(44)55(49)41-19-11-15-37(31-41)35-13-9-17-39(29-35)47-33-48(54-34-53-47)40-18-10-14-36(30-40)38-16-12-20-42(32-38)56-51-27-7-3-23-45(51)46-24-4-8-28-52(46)56;1-5-19-37-31(15-1)32-16-2-6-20-38(32)43(37)29-13-9-11-27(23-29)35-25-36(42-26-41-35)28-12-10-14-30(24-28)44-39-21-7-3-17-33(39)34-18-4-8-22-40(34)44/h1-34H;1-26H. The lowest BCUT2D eigenvalue weighted by Gasteiger charge is -2.12. The minimum Gasteiger partial charge on any atom is -0.309 e. The lowest BCUT2D eigenvalue weighted by Crippen LogP contribution is -1.96. The summed E-state index contributed by atoms with van der Waals surface area (Å²) in [5.41, 5.74) is 26.3. The van der Waals surface area contributed by atoms with Gasteiger partial charge in [-0.25, -0.2) is 19.9 Å². The molecule has 0 aliphatic heterocycles. The first-order valence-electron chi connectivity index (χ1n) is 33.8. The summed E-state index contributed by atoms with van der Waals surface area (Å²) in [6.45, 7) is 0. The summed E-state index contributed by atoms with van der Waals surface area (Å²) in [6, 6.07) is 125. The van der Waals surface area contributed by atoms with Crippen molar-refractivity contribution >= 4 is 87.2 Å².